The number of nitrogens with one attached hydrogen (secondary N) is 1. The Bertz CT molecular complexity index is 804. The molecule has 5 atom stereocenters. The molecule has 0 aromatic carbocycles. The van der Waals surface area contributed by atoms with Crippen molar-refractivity contribution in [2.75, 3.05) is 6.54 Å². The normalized spacial score (nSPS) is 28.6. The summed E-state index contributed by atoms with van der Waals surface area (Å²) >= 11 is 0. The predicted octanol–water partition coefficient (Wildman–Crippen LogP) is 3.67. The fourth-order valence-electron chi connectivity index (χ4n) is 5.99. The van der Waals surface area contributed by atoms with Crippen molar-refractivity contribution in [3.05, 3.63) is 0 Å². The molecule has 3 fully saturated rings. The van der Waals surface area contributed by atoms with Crippen molar-refractivity contribution >= 4 is 23.4 Å². The molecule has 33 heavy (non-hydrogen) atoms. The van der Waals surface area contributed by atoms with Crippen LogP contribution in [0.3, 0.4) is 0 Å². The highest BCUT2D eigenvalue weighted by molar-refractivity contribution is 6.38. The summed E-state index contributed by atoms with van der Waals surface area (Å²) in [6, 6.07) is -2.39. The third-order valence-corrected chi connectivity index (χ3v) is 8.20. The molecule has 3 rings (SSSR count). The number of likely N-dealkylation sites (tertiary alicyclic amines) is 1. The van der Waals surface area contributed by atoms with Crippen LogP contribution in [0.2, 0.25) is 0 Å². The molecule has 6 nitrogen and oxygen atoms in total. The number of hydrogen-bond acceptors (Lipinski definition) is 4. The molecule has 1 saturated heterocycles. The standard InChI is InChI=1S/C24H35F3N2O4/c1-13(15-8-6-5-7-9-15)22(33)29-12-16-18(23(16,3)4)19(29)21(32)28-17(20(31)14(2)30)10-11-24(25,26)27/h13,15-19H,5-12H2,1-4H3,(H,28,32)/t13-,16-,17?,18-,19-/m0/s1. The fourth-order valence-corrected chi connectivity index (χ4v) is 5.99. The van der Waals surface area contributed by atoms with E-state index in [1.807, 2.05) is 20.8 Å². The summed E-state index contributed by atoms with van der Waals surface area (Å²) in [5, 5.41) is 2.41. The van der Waals surface area contributed by atoms with Gasteiger partial charge in [0.15, 0.2) is 5.78 Å². The Balaban J connectivity index is 1.77. The van der Waals surface area contributed by atoms with Crippen molar-refractivity contribution < 1.29 is 32.3 Å². The highest BCUT2D eigenvalue weighted by Gasteiger charge is 2.69. The van der Waals surface area contributed by atoms with Crippen LogP contribution in [0.15, 0.2) is 0 Å². The van der Waals surface area contributed by atoms with E-state index in [-0.39, 0.29) is 35.0 Å². The van der Waals surface area contributed by atoms with Crippen molar-refractivity contribution in [3.8, 4) is 0 Å². The molecule has 1 aliphatic heterocycles. The number of alkyl halides is 3. The topological polar surface area (TPSA) is 83.6 Å². The molecule has 0 aromatic heterocycles. The quantitative estimate of drug-likeness (QED) is 0.547. The van der Waals surface area contributed by atoms with Gasteiger partial charge in [0.25, 0.3) is 0 Å². The van der Waals surface area contributed by atoms with Crippen LogP contribution < -0.4 is 5.32 Å². The lowest BCUT2D eigenvalue weighted by Gasteiger charge is -2.35. The van der Waals surface area contributed by atoms with Gasteiger partial charge in [-0.05, 0) is 42.4 Å². The highest BCUT2D eigenvalue weighted by Crippen LogP contribution is 2.65. The van der Waals surface area contributed by atoms with E-state index in [1.165, 1.54) is 0 Å². The number of nitrogens with zero attached hydrogens (tertiary/aromatic N) is 1. The molecule has 0 aromatic rings. The van der Waals surface area contributed by atoms with Gasteiger partial charge in [-0.1, -0.05) is 40.0 Å². The minimum atomic E-state index is -4.52. The maximum Gasteiger partial charge on any atom is 0.389 e. The average Bonchev–Trinajstić information content (AvgIpc) is 3.09. The first-order chi connectivity index (χ1) is 15.3. The van der Waals surface area contributed by atoms with Gasteiger partial charge in [0, 0.05) is 25.8 Å². The van der Waals surface area contributed by atoms with Gasteiger partial charge in [0.1, 0.15) is 6.04 Å². The third-order valence-electron chi connectivity index (χ3n) is 8.20. The number of halogens is 3. The van der Waals surface area contributed by atoms with Crippen molar-refractivity contribution in [2.45, 2.75) is 90.9 Å². The number of rotatable bonds is 8. The van der Waals surface area contributed by atoms with Crippen LogP contribution in [0.5, 0.6) is 0 Å². The summed E-state index contributed by atoms with van der Waals surface area (Å²) in [6.45, 7) is 7.33. The summed E-state index contributed by atoms with van der Waals surface area (Å²) in [4.78, 5) is 52.1. The molecule has 3 aliphatic rings. The van der Waals surface area contributed by atoms with Crippen LogP contribution >= 0.6 is 0 Å². The number of piperidine rings is 1. The highest BCUT2D eigenvalue weighted by atomic mass is 19.4. The Morgan fingerprint density at radius 2 is 1.70 bits per heavy atom. The molecule has 186 valence electrons. The Morgan fingerprint density at radius 1 is 1.09 bits per heavy atom. The zero-order valence-corrected chi connectivity index (χ0v) is 19.8. The Kier molecular flexibility index (Phi) is 7.30. The monoisotopic (exact) mass is 472 g/mol. The minimum Gasteiger partial charge on any atom is -0.344 e. The molecular formula is C24H35F3N2O4. The molecule has 1 unspecified atom stereocenters. The second-order valence-corrected chi connectivity index (χ2v) is 10.7. The number of Topliss-reactive ketones (excluding diaryl/α,β-unsaturated/α-hetero) is 2. The summed E-state index contributed by atoms with van der Waals surface area (Å²) in [5.41, 5.74) is -0.168. The van der Waals surface area contributed by atoms with E-state index < -0.39 is 48.6 Å². The number of carbonyl (C=O) groups excluding carboxylic acids is 4. The average molecular weight is 473 g/mol. The molecule has 0 bridgehead atoms. The van der Waals surface area contributed by atoms with Gasteiger partial charge in [-0.2, -0.15) is 13.2 Å². The zero-order chi connectivity index (χ0) is 24.7. The molecule has 2 aliphatic carbocycles. The van der Waals surface area contributed by atoms with Crippen LogP contribution in [0.4, 0.5) is 13.2 Å². The molecule has 2 saturated carbocycles. The summed E-state index contributed by atoms with van der Waals surface area (Å²) in [6.07, 6.45) is -1.24. The molecular weight excluding hydrogens is 437 g/mol. The molecule has 2 amide bonds. The van der Waals surface area contributed by atoms with E-state index in [0.717, 1.165) is 39.0 Å². The molecule has 9 heteroatoms. The summed E-state index contributed by atoms with van der Waals surface area (Å²) < 4.78 is 38.3. The predicted molar refractivity (Wildman–Crippen MR) is 115 cm³/mol. The lowest BCUT2D eigenvalue weighted by molar-refractivity contribution is -0.147. The second kappa shape index (κ2) is 9.37. The molecule has 1 N–H and O–H groups in total. The van der Waals surface area contributed by atoms with Gasteiger partial charge >= 0.3 is 6.18 Å². The second-order valence-electron chi connectivity index (χ2n) is 10.7. The van der Waals surface area contributed by atoms with Gasteiger partial charge in [-0.15, -0.1) is 0 Å². The van der Waals surface area contributed by atoms with Crippen LogP contribution in [0.25, 0.3) is 0 Å². The van der Waals surface area contributed by atoms with Crippen molar-refractivity contribution in [2.24, 2.45) is 29.1 Å². The van der Waals surface area contributed by atoms with Crippen molar-refractivity contribution in [3.63, 3.8) is 0 Å². The van der Waals surface area contributed by atoms with E-state index in [0.29, 0.717) is 6.54 Å². The fraction of sp³-hybridized carbons (Fsp3) is 0.833. The third kappa shape index (κ3) is 5.43. The minimum absolute atomic E-state index is 0.102. The van der Waals surface area contributed by atoms with Gasteiger partial charge < -0.3 is 10.2 Å². The van der Waals surface area contributed by atoms with Crippen LogP contribution in [0, 0.1) is 29.1 Å². The number of fused-ring (bicyclic) bond motifs is 1. The van der Waals surface area contributed by atoms with Gasteiger partial charge in [0.05, 0.1) is 6.04 Å². The van der Waals surface area contributed by atoms with Crippen molar-refractivity contribution in [1.82, 2.24) is 10.2 Å². The number of carbonyl (C=O) groups is 4. The lowest BCUT2D eigenvalue weighted by atomic mass is 9.80. The first-order valence-electron chi connectivity index (χ1n) is 12.0. The smallest absolute Gasteiger partial charge is 0.344 e. The Morgan fingerprint density at radius 3 is 2.24 bits per heavy atom. The SMILES string of the molecule is CC(=O)C(=O)C(CCC(F)(F)F)NC(=O)[C@@H]1[C@@H]2[C@H](CN1C(=O)[C@@H](C)C1CCCCC1)C2(C)C. The van der Waals surface area contributed by atoms with Gasteiger partial charge in [-0.25, -0.2) is 0 Å². The van der Waals surface area contributed by atoms with Crippen LogP contribution in [0.1, 0.15) is 72.6 Å². The molecule has 0 spiro atoms. The van der Waals surface area contributed by atoms with Crippen LogP contribution in [-0.2, 0) is 19.2 Å². The van der Waals surface area contributed by atoms with E-state index in [4.69, 9.17) is 0 Å². The maximum absolute atomic E-state index is 13.4. The largest absolute Gasteiger partial charge is 0.389 e. The van der Waals surface area contributed by atoms with Gasteiger partial charge in [-0.3, -0.25) is 19.2 Å². The van der Waals surface area contributed by atoms with Gasteiger partial charge in [0.2, 0.25) is 17.6 Å². The van der Waals surface area contributed by atoms with E-state index in [1.54, 1.807) is 4.90 Å². The Hall–Kier alpha value is -1.93. The number of hydrogen-bond donors (Lipinski definition) is 1. The lowest BCUT2D eigenvalue weighted by Crippen LogP contribution is -2.55. The molecule has 0 radical (unpaired) electrons. The number of amides is 2. The van der Waals surface area contributed by atoms with E-state index >= 15 is 0 Å². The van der Waals surface area contributed by atoms with Crippen molar-refractivity contribution in [1.29, 1.82) is 0 Å². The Labute approximate surface area is 193 Å². The maximum atomic E-state index is 13.4. The van der Waals surface area contributed by atoms with E-state index in [9.17, 15) is 32.3 Å². The summed E-state index contributed by atoms with van der Waals surface area (Å²) in [7, 11) is 0. The first-order valence-corrected chi connectivity index (χ1v) is 12.0. The van der Waals surface area contributed by atoms with E-state index in [2.05, 4.69) is 5.32 Å². The zero-order valence-electron chi connectivity index (χ0n) is 19.8. The number of ketones is 2. The van der Waals surface area contributed by atoms with Crippen LogP contribution in [-0.4, -0.2) is 53.1 Å². The molecule has 1 heterocycles. The first kappa shape index (κ1) is 25.7. The summed E-state index contributed by atoms with van der Waals surface area (Å²) in [5.74, 6) is -2.65.